The van der Waals surface area contributed by atoms with Crippen molar-refractivity contribution in [3.63, 3.8) is 0 Å². The second-order valence-electron chi connectivity index (χ2n) is 6.41. The van der Waals surface area contributed by atoms with Gasteiger partial charge in [-0.25, -0.2) is 0 Å². The first-order chi connectivity index (χ1) is 9.29. The van der Waals surface area contributed by atoms with Gasteiger partial charge in [0.15, 0.2) is 0 Å². The van der Waals surface area contributed by atoms with E-state index in [4.69, 9.17) is 0 Å². The maximum atomic E-state index is 4.59. The van der Waals surface area contributed by atoms with E-state index in [0.717, 1.165) is 18.8 Å². The van der Waals surface area contributed by atoms with Crippen LogP contribution < -0.4 is 5.32 Å². The Morgan fingerprint density at radius 1 is 1.15 bits per heavy atom. The van der Waals surface area contributed by atoms with Crippen LogP contribution in [0.3, 0.4) is 0 Å². The number of rotatable bonds is 4. The van der Waals surface area contributed by atoms with Gasteiger partial charge in [-0.05, 0) is 6.92 Å². The van der Waals surface area contributed by atoms with Crippen LogP contribution in [0, 0.1) is 6.92 Å². The average molecular weight is 275 g/mol. The Kier molecular flexibility index (Phi) is 3.99. The number of nitrogens with zero attached hydrogens (tertiary/aromatic N) is 4. The van der Waals surface area contributed by atoms with E-state index in [1.165, 1.54) is 16.8 Å². The van der Waals surface area contributed by atoms with Crippen molar-refractivity contribution in [3.8, 4) is 0 Å². The van der Waals surface area contributed by atoms with E-state index < -0.39 is 0 Å². The van der Waals surface area contributed by atoms with Crippen LogP contribution in [0.5, 0.6) is 0 Å². The van der Waals surface area contributed by atoms with Crippen molar-refractivity contribution in [2.45, 2.75) is 46.2 Å². The molecule has 0 atom stereocenters. The fourth-order valence-electron chi connectivity index (χ4n) is 2.35. The molecule has 1 N–H and O–H groups in total. The minimum absolute atomic E-state index is 0.0719. The van der Waals surface area contributed by atoms with Crippen LogP contribution in [-0.4, -0.2) is 19.6 Å². The molecule has 0 aliphatic rings. The third kappa shape index (κ3) is 3.10. The van der Waals surface area contributed by atoms with Gasteiger partial charge in [0.2, 0.25) is 0 Å². The van der Waals surface area contributed by atoms with Crippen molar-refractivity contribution in [1.82, 2.24) is 24.9 Å². The van der Waals surface area contributed by atoms with E-state index in [1.54, 1.807) is 0 Å². The van der Waals surface area contributed by atoms with Gasteiger partial charge < -0.3 is 5.32 Å². The van der Waals surface area contributed by atoms with Gasteiger partial charge in [0.05, 0.1) is 11.9 Å². The van der Waals surface area contributed by atoms with E-state index in [9.17, 15) is 0 Å². The molecule has 0 spiro atoms. The lowest BCUT2D eigenvalue weighted by Gasteiger charge is -2.17. The molecule has 0 aromatic carbocycles. The number of nitrogens with one attached hydrogen (secondary N) is 1. The summed E-state index contributed by atoms with van der Waals surface area (Å²) in [6.45, 7) is 10.3. The number of hydrogen-bond acceptors (Lipinski definition) is 3. The normalized spacial score (nSPS) is 12.1. The molecule has 0 saturated carbocycles. The minimum atomic E-state index is 0.0719. The summed E-state index contributed by atoms with van der Waals surface area (Å²) in [5.41, 5.74) is 4.95. The first-order valence-corrected chi connectivity index (χ1v) is 7.00. The lowest BCUT2D eigenvalue weighted by atomic mass is 9.89. The Morgan fingerprint density at radius 2 is 1.80 bits per heavy atom. The van der Waals surface area contributed by atoms with E-state index in [2.05, 4.69) is 49.4 Å². The molecule has 0 fully saturated rings. The topological polar surface area (TPSA) is 47.7 Å². The second-order valence-corrected chi connectivity index (χ2v) is 6.41. The Morgan fingerprint density at radius 3 is 2.35 bits per heavy atom. The smallest absolute Gasteiger partial charge is 0.0722 e. The zero-order chi connectivity index (χ0) is 14.9. The summed E-state index contributed by atoms with van der Waals surface area (Å²) in [6.07, 6.45) is 4.03. The summed E-state index contributed by atoms with van der Waals surface area (Å²) < 4.78 is 3.80. The molecule has 0 aliphatic carbocycles. The molecule has 2 rings (SSSR count). The van der Waals surface area contributed by atoms with Gasteiger partial charge in [-0.1, -0.05) is 20.8 Å². The van der Waals surface area contributed by atoms with Gasteiger partial charge in [0.1, 0.15) is 0 Å². The maximum absolute atomic E-state index is 4.59. The molecule has 20 heavy (non-hydrogen) atoms. The predicted molar refractivity (Wildman–Crippen MR) is 80.4 cm³/mol. The van der Waals surface area contributed by atoms with Gasteiger partial charge in [-0.15, -0.1) is 0 Å². The molecule has 2 aromatic rings. The monoisotopic (exact) mass is 275 g/mol. The fraction of sp³-hybridized carbons (Fsp3) is 0.600. The number of aryl methyl sites for hydroxylation is 2. The van der Waals surface area contributed by atoms with Crippen LogP contribution in [0.15, 0.2) is 12.4 Å². The van der Waals surface area contributed by atoms with Crippen molar-refractivity contribution >= 4 is 0 Å². The fourth-order valence-corrected chi connectivity index (χ4v) is 2.35. The zero-order valence-electron chi connectivity index (χ0n) is 13.4. The Labute approximate surface area is 121 Å². The van der Waals surface area contributed by atoms with Gasteiger partial charge >= 0.3 is 0 Å². The lowest BCUT2D eigenvalue weighted by molar-refractivity contribution is 0.543. The largest absolute Gasteiger partial charge is 0.308 e. The summed E-state index contributed by atoms with van der Waals surface area (Å²) in [5, 5.41) is 12.3. The van der Waals surface area contributed by atoms with Crippen molar-refractivity contribution in [1.29, 1.82) is 0 Å². The standard InChI is InChI=1S/C15H25N5/c1-11-12(9-17-20(11)6)7-16-8-13-10-19(5)18-14(13)15(2,3)4/h9-10,16H,7-8H2,1-6H3. The highest BCUT2D eigenvalue weighted by Gasteiger charge is 2.21. The minimum Gasteiger partial charge on any atom is -0.308 e. The highest BCUT2D eigenvalue weighted by atomic mass is 15.3. The summed E-state index contributed by atoms with van der Waals surface area (Å²) in [6, 6.07) is 0. The zero-order valence-corrected chi connectivity index (χ0v) is 13.4. The van der Waals surface area contributed by atoms with Crippen LogP contribution in [0.2, 0.25) is 0 Å². The van der Waals surface area contributed by atoms with Crippen LogP contribution in [0.25, 0.3) is 0 Å². The molecule has 5 nitrogen and oxygen atoms in total. The molecule has 5 heteroatoms. The second kappa shape index (κ2) is 5.40. The number of aromatic nitrogens is 4. The van der Waals surface area contributed by atoms with E-state index in [-0.39, 0.29) is 5.41 Å². The number of hydrogen-bond donors (Lipinski definition) is 1. The first kappa shape index (κ1) is 14.8. The van der Waals surface area contributed by atoms with E-state index in [1.807, 2.05) is 29.7 Å². The third-order valence-electron chi connectivity index (χ3n) is 3.58. The summed E-state index contributed by atoms with van der Waals surface area (Å²) >= 11 is 0. The van der Waals surface area contributed by atoms with E-state index >= 15 is 0 Å². The molecular formula is C15H25N5. The SMILES string of the molecule is Cc1c(CNCc2cn(C)nc2C(C)(C)C)cnn1C. The molecule has 2 aromatic heterocycles. The van der Waals surface area contributed by atoms with Crippen LogP contribution >= 0.6 is 0 Å². The van der Waals surface area contributed by atoms with Gasteiger partial charge in [-0.2, -0.15) is 10.2 Å². The van der Waals surface area contributed by atoms with Crippen molar-refractivity contribution in [3.05, 3.63) is 34.9 Å². The molecule has 0 unspecified atom stereocenters. The molecule has 2 heterocycles. The van der Waals surface area contributed by atoms with Crippen molar-refractivity contribution < 1.29 is 0 Å². The first-order valence-electron chi connectivity index (χ1n) is 7.00. The van der Waals surface area contributed by atoms with Gasteiger partial charge in [0, 0.05) is 55.6 Å². The highest BCUT2D eigenvalue weighted by molar-refractivity contribution is 5.24. The van der Waals surface area contributed by atoms with Crippen LogP contribution in [-0.2, 0) is 32.6 Å². The summed E-state index contributed by atoms with van der Waals surface area (Å²) in [4.78, 5) is 0. The highest BCUT2D eigenvalue weighted by Crippen LogP contribution is 2.24. The molecule has 0 bridgehead atoms. The maximum Gasteiger partial charge on any atom is 0.0722 e. The van der Waals surface area contributed by atoms with Crippen LogP contribution in [0.1, 0.15) is 43.3 Å². The summed E-state index contributed by atoms with van der Waals surface area (Å²) in [7, 11) is 3.95. The molecular weight excluding hydrogens is 250 g/mol. The predicted octanol–water partition coefficient (Wildman–Crippen LogP) is 2.05. The molecule has 0 aliphatic heterocycles. The Balaban J connectivity index is 2.03. The Hall–Kier alpha value is -1.62. The van der Waals surface area contributed by atoms with E-state index in [0.29, 0.717) is 0 Å². The van der Waals surface area contributed by atoms with Crippen molar-refractivity contribution in [2.24, 2.45) is 14.1 Å². The van der Waals surface area contributed by atoms with Crippen LogP contribution in [0.4, 0.5) is 0 Å². The molecule has 110 valence electrons. The van der Waals surface area contributed by atoms with Gasteiger partial charge in [-0.3, -0.25) is 9.36 Å². The lowest BCUT2D eigenvalue weighted by Crippen LogP contribution is -2.19. The average Bonchev–Trinajstić information content (AvgIpc) is 2.86. The third-order valence-corrected chi connectivity index (χ3v) is 3.58. The molecule has 0 radical (unpaired) electrons. The Bertz CT molecular complexity index is 586. The van der Waals surface area contributed by atoms with Gasteiger partial charge in [0.25, 0.3) is 0 Å². The molecule has 0 amide bonds. The van der Waals surface area contributed by atoms with Crippen molar-refractivity contribution in [2.75, 3.05) is 0 Å². The summed E-state index contributed by atoms with van der Waals surface area (Å²) in [5.74, 6) is 0. The quantitative estimate of drug-likeness (QED) is 0.929. The molecule has 0 saturated heterocycles.